The molecule has 29 heavy (non-hydrogen) atoms. The third kappa shape index (κ3) is 4.98. The zero-order valence-electron chi connectivity index (χ0n) is 16.1. The zero-order valence-corrected chi connectivity index (χ0v) is 18.6. The predicted molar refractivity (Wildman–Crippen MR) is 116 cm³/mol. The minimum Gasteiger partial charge on any atom is -0.455 e. The van der Waals surface area contributed by atoms with Crippen LogP contribution in [-0.2, 0) is 19.8 Å². The molecule has 1 amide bonds. The molecule has 1 fully saturated rings. The molecule has 3 aromatic heterocycles. The predicted octanol–water partition coefficient (Wildman–Crippen LogP) is 2.67. The summed E-state index contributed by atoms with van der Waals surface area (Å²) in [5.74, 6) is 2.52. The molecule has 1 atom stereocenters. The van der Waals surface area contributed by atoms with Gasteiger partial charge in [0.05, 0.1) is 5.75 Å². The van der Waals surface area contributed by atoms with Crippen molar-refractivity contribution in [3.05, 3.63) is 54.3 Å². The summed E-state index contributed by atoms with van der Waals surface area (Å²) >= 11 is 1.58. The highest BCUT2D eigenvalue weighted by Crippen LogP contribution is 2.25. The van der Waals surface area contributed by atoms with Crippen LogP contribution in [0, 0.1) is 0 Å². The molecule has 0 radical (unpaired) electrons. The van der Waals surface area contributed by atoms with Crippen LogP contribution in [0.15, 0.2) is 46.5 Å². The number of halogens is 2. The minimum absolute atomic E-state index is 0. The van der Waals surface area contributed by atoms with Gasteiger partial charge in [-0.15, -0.1) is 24.8 Å². The molecule has 0 aromatic carbocycles. The molecule has 0 aliphatic carbocycles. The van der Waals surface area contributed by atoms with E-state index in [1.54, 1.807) is 30.2 Å². The summed E-state index contributed by atoms with van der Waals surface area (Å²) in [5, 5.41) is 4.26. The number of piperazine rings is 1. The van der Waals surface area contributed by atoms with Crippen LogP contribution in [0.2, 0.25) is 0 Å². The number of rotatable bonds is 5. The average molecular weight is 459 g/mol. The van der Waals surface area contributed by atoms with Crippen LogP contribution in [0.5, 0.6) is 0 Å². The van der Waals surface area contributed by atoms with Gasteiger partial charge in [0, 0.05) is 58.5 Å². The van der Waals surface area contributed by atoms with Crippen molar-refractivity contribution >= 4 is 42.5 Å². The molecule has 1 unspecified atom stereocenters. The highest BCUT2D eigenvalue weighted by atomic mass is 35.5. The Morgan fingerprint density at radius 2 is 1.97 bits per heavy atom. The number of carbonyl (C=O) groups is 1. The van der Waals surface area contributed by atoms with Crippen molar-refractivity contribution < 1.29 is 9.21 Å². The van der Waals surface area contributed by atoms with Crippen molar-refractivity contribution in [2.24, 2.45) is 14.1 Å². The monoisotopic (exact) mass is 458 g/mol. The number of imidazole rings is 2. The van der Waals surface area contributed by atoms with Gasteiger partial charge in [-0.1, -0.05) is 11.8 Å². The van der Waals surface area contributed by atoms with E-state index in [4.69, 9.17) is 4.42 Å². The number of carbonyl (C=O) groups excluding carboxylic acids is 1. The number of hydrogen-bond donors (Lipinski definition) is 1. The van der Waals surface area contributed by atoms with Gasteiger partial charge in [-0.2, -0.15) is 0 Å². The second-order valence-corrected chi connectivity index (χ2v) is 7.43. The van der Waals surface area contributed by atoms with Crippen LogP contribution in [0.1, 0.15) is 28.2 Å². The molecule has 158 valence electrons. The van der Waals surface area contributed by atoms with Crippen LogP contribution in [0.4, 0.5) is 0 Å². The topological polar surface area (TPSA) is 81.1 Å². The lowest BCUT2D eigenvalue weighted by atomic mass is 10.1. The van der Waals surface area contributed by atoms with Crippen LogP contribution in [0.3, 0.4) is 0 Å². The van der Waals surface area contributed by atoms with E-state index >= 15 is 0 Å². The largest absolute Gasteiger partial charge is 0.455 e. The first-order valence-corrected chi connectivity index (χ1v) is 9.80. The van der Waals surface area contributed by atoms with E-state index in [0.717, 1.165) is 23.3 Å². The van der Waals surface area contributed by atoms with Crippen LogP contribution in [0.25, 0.3) is 0 Å². The fourth-order valence-electron chi connectivity index (χ4n) is 3.21. The number of amides is 1. The van der Waals surface area contributed by atoms with Gasteiger partial charge in [0.15, 0.2) is 10.9 Å². The standard InChI is InChI=1S/C18H22N6O2S.2ClH/c1-22-8-6-20-16(22)14-11-19-5-10-24(14)17(25)15-4-3-13(26-15)12-27-18-21-7-9-23(18)2;;/h3-4,6-9,14,19H,5,10-12H2,1-2H3;2*1H. The maximum Gasteiger partial charge on any atom is 0.290 e. The molecule has 4 rings (SSSR count). The number of hydrogen-bond acceptors (Lipinski definition) is 6. The van der Waals surface area contributed by atoms with Gasteiger partial charge in [0.1, 0.15) is 17.6 Å². The van der Waals surface area contributed by atoms with Crippen LogP contribution >= 0.6 is 36.6 Å². The van der Waals surface area contributed by atoms with Gasteiger partial charge in [0.25, 0.3) is 5.91 Å². The number of aromatic nitrogens is 4. The Hall–Kier alpha value is -1.94. The number of aryl methyl sites for hydroxylation is 2. The highest BCUT2D eigenvalue weighted by Gasteiger charge is 2.32. The van der Waals surface area contributed by atoms with Gasteiger partial charge in [-0.3, -0.25) is 4.79 Å². The zero-order chi connectivity index (χ0) is 18.8. The molecule has 8 nitrogen and oxygen atoms in total. The Morgan fingerprint density at radius 3 is 2.66 bits per heavy atom. The molecule has 0 spiro atoms. The fourth-order valence-corrected chi connectivity index (χ4v) is 4.04. The van der Waals surface area contributed by atoms with Crippen LogP contribution in [-0.4, -0.2) is 49.5 Å². The van der Waals surface area contributed by atoms with E-state index < -0.39 is 0 Å². The highest BCUT2D eigenvalue weighted by molar-refractivity contribution is 7.98. The van der Waals surface area contributed by atoms with Crippen molar-refractivity contribution in [1.82, 2.24) is 29.3 Å². The molecule has 11 heteroatoms. The lowest BCUT2D eigenvalue weighted by molar-refractivity contribution is 0.0587. The van der Waals surface area contributed by atoms with Gasteiger partial charge < -0.3 is 23.8 Å². The molecule has 4 heterocycles. The van der Waals surface area contributed by atoms with Crippen molar-refractivity contribution in [2.45, 2.75) is 17.0 Å². The maximum absolute atomic E-state index is 13.1. The minimum atomic E-state index is -0.109. The lowest BCUT2D eigenvalue weighted by Gasteiger charge is -2.35. The Kier molecular flexibility index (Phi) is 8.21. The smallest absolute Gasteiger partial charge is 0.290 e. The molecule has 0 saturated carbocycles. The first kappa shape index (κ1) is 23.3. The SMILES string of the molecule is Cl.Cl.Cn1ccnc1SCc1ccc(C(=O)N2CCNCC2c2nccn2C)o1. The molecule has 1 saturated heterocycles. The van der Waals surface area contributed by atoms with E-state index in [1.165, 1.54) is 0 Å². The molecule has 1 aliphatic rings. The average Bonchev–Trinajstić information content (AvgIpc) is 3.41. The molecule has 3 aromatic rings. The summed E-state index contributed by atoms with van der Waals surface area (Å²) in [4.78, 5) is 23.6. The summed E-state index contributed by atoms with van der Waals surface area (Å²) in [7, 11) is 3.90. The Balaban J connectivity index is 0.00000150. The number of nitrogens with zero attached hydrogens (tertiary/aromatic N) is 5. The Bertz CT molecular complexity index is 940. The summed E-state index contributed by atoms with van der Waals surface area (Å²) in [5.41, 5.74) is 0. The molecule has 1 aliphatic heterocycles. The quantitative estimate of drug-likeness (QED) is 0.591. The van der Waals surface area contributed by atoms with Crippen molar-refractivity contribution in [1.29, 1.82) is 0 Å². The second-order valence-electron chi connectivity index (χ2n) is 6.49. The second kappa shape index (κ2) is 10.2. The molecule has 0 bridgehead atoms. The number of nitrogens with one attached hydrogen (secondary N) is 1. The van der Waals surface area contributed by atoms with E-state index in [-0.39, 0.29) is 36.8 Å². The summed E-state index contributed by atoms with van der Waals surface area (Å²) < 4.78 is 9.75. The Labute approximate surface area is 185 Å². The van der Waals surface area contributed by atoms with E-state index in [1.807, 2.05) is 46.6 Å². The normalized spacial score (nSPS) is 16.2. The van der Waals surface area contributed by atoms with Crippen molar-refractivity contribution in [3.8, 4) is 0 Å². The molecular weight excluding hydrogens is 435 g/mol. The first-order chi connectivity index (χ1) is 13.1. The third-order valence-electron chi connectivity index (χ3n) is 4.65. The van der Waals surface area contributed by atoms with E-state index in [0.29, 0.717) is 24.6 Å². The third-order valence-corrected chi connectivity index (χ3v) is 5.73. The van der Waals surface area contributed by atoms with Crippen molar-refractivity contribution in [2.75, 3.05) is 19.6 Å². The van der Waals surface area contributed by atoms with Crippen molar-refractivity contribution in [3.63, 3.8) is 0 Å². The summed E-state index contributed by atoms with van der Waals surface area (Å²) in [6, 6.07) is 3.51. The fraction of sp³-hybridized carbons (Fsp3) is 0.389. The summed E-state index contributed by atoms with van der Waals surface area (Å²) in [6.45, 7) is 2.06. The number of furan rings is 1. The first-order valence-electron chi connectivity index (χ1n) is 8.81. The maximum atomic E-state index is 13.1. The van der Waals surface area contributed by atoms with Gasteiger partial charge in [-0.25, -0.2) is 9.97 Å². The van der Waals surface area contributed by atoms with E-state index in [2.05, 4.69) is 15.3 Å². The number of thioether (sulfide) groups is 1. The van der Waals surface area contributed by atoms with Gasteiger partial charge in [0.2, 0.25) is 0 Å². The van der Waals surface area contributed by atoms with Crippen LogP contribution < -0.4 is 5.32 Å². The summed E-state index contributed by atoms with van der Waals surface area (Å²) in [6.07, 6.45) is 7.32. The van der Waals surface area contributed by atoms with Gasteiger partial charge in [-0.05, 0) is 12.1 Å². The van der Waals surface area contributed by atoms with E-state index in [9.17, 15) is 4.79 Å². The Morgan fingerprint density at radius 1 is 1.21 bits per heavy atom. The van der Waals surface area contributed by atoms with Gasteiger partial charge >= 0.3 is 0 Å². The lowest BCUT2D eigenvalue weighted by Crippen LogP contribution is -2.49. The molecule has 1 N–H and O–H groups in total. The molecular formula is C18H24Cl2N6O2S.